The van der Waals surface area contributed by atoms with Gasteiger partial charge in [0.25, 0.3) is 0 Å². The number of aryl methyl sites for hydroxylation is 1. The zero-order valence-electron chi connectivity index (χ0n) is 11.1. The molecule has 1 saturated carbocycles. The first kappa shape index (κ1) is 12.6. The van der Waals surface area contributed by atoms with E-state index in [1.807, 2.05) is 19.2 Å². The lowest BCUT2D eigenvalue weighted by molar-refractivity contribution is -0.155. The Kier molecular flexibility index (Phi) is 2.85. The second kappa shape index (κ2) is 4.30. The van der Waals surface area contributed by atoms with Crippen LogP contribution in [0.25, 0.3) is 0 Å². The first-order valence-electron chi connectivity index (χ1n) is 6.51. The van der Waals surface area contributed by atoms with E-state index in [1.165, 1.54) is 0 Å². The number of carbonyl (C=O) groups excluding carboxylic acids is 2. The zero-order chi connectivity index (χ0) is 13.6. The summed E-state index contributed by atoms with van der Waals surface area (Å²) >= 11 is 1.54. The number of hydrogen-bond acceptors (Lipinski definition) is 4. The highest BCUT2D eigenvalue weighted by Gasteiger charge is 2.54. The number of hydrogen-bond donors (Lipinski definition) is 1. The van der Waals surface area contributed by atoms with Crippen LogP contribution in [-0.4, -0.2) is 33.8 Å². The van der Waals surface area contributed by atoms with E-state index in [2.05, 4.69) is 10.3 Å². The van der Waals surface area contributed by atoms with Gasteiger partial charge in [-0.1, -0.05) is 0 Å². The fraction of sp³-hybridized carbons (Fsp3) is 0.615. The summed E-state index contributed by atoms with van der Waals surface area (Å²) in [5, 5.41) is 5.58. The number of nitrogens with zero attached hydrogens (tertiary/aromatic N) is 2. The van der Waals surface area contributed by atoms with Crippen molar-refractivity contribution in [2.45, 2.75) is 38.8 Å². The van der Waals surface area contributed by atoms with E-state index in [4.69, 9.17) is 0 Å². The van der Waals surface area contributed by atoms with Crippen molar-refractivity contribution in [3.8, 4) is 0 Å². The fourth-order valence-electron chi connectivity index (χ4n) is 2.73. The molecular weight excluding hydrogens is 262 g/mol. The number of thiazole rings is 1. The molecule has 0 radical (unpaired) electrons. The maximum absolute atomic E-state index is 12.2. The molecule has 0 aromatic carbocycles. The van der Waals surface area contributed by atoms with Crippen LogP contribution in [0.3, 0.4) is 0 Å². The molecule has 19 heavy (non-hydrogen) atoms. The molecule has 1 aromatic heterocycles. The summed E-state index contributed by atoms with van der Waals surface area (Å²) in [5.74, 6) is 0.252. The lowest BCUT2D eigenvalue weighted by Crippen LogP contribution is -2.66. The second-order valence-corrected chi connectivity index (χ2v) is 6.41. The summed E-state index contributed by atoms with van der Waals surface area (Å²) < 4.78 is 0. The highest BCUT2D eigenvalue weighted by molar-refractivity contribution is 7.09. The lowest BCUT2D eigenvalue weighted by Gasteiger charge is -2.43. The quantitative estimate of drug-likeness (QED) is 0.900. The summed E-state index contributed by atoms with van der Waals surface area (Å²) in [4.78, 5) is 30.5. The van der Waals surface area contributed by atoms with Crippen molar-refractivity contribution < 1.29 is 9.59 Å². The maximum atomic E-state index is 12.2. The minimum Gasteiger partial charge on any atom is -0.345 e. The molecule has 2 amide bonds. The van der Waals surface area contributed by atoms with Gasteiger partial charge in [0.05, 0.1) is 13.1 Å². The first-order valence-corrected chi connectivity index (χ1v) is 7.39. The van der Waals surface area contributed by atoms with E-state index in [9.17, 15) is 9.59 Å². The first-order chi connectivity index (χ1) is 9.01. The minimum absolute atomic E-state index is 0.0122. The van der Waals surface area contributed by atoms with Gasteiger partial charge in [-0.2, -0.15) is 0 Å². The fourth-order valence-corrected chi connectivity index (χ4v) is 3.49. The van der Waals surface area contributed by atoms with E-state index in [0.717, 1.165) is 23.5 Å². The van der Waals surface area contributed by atoms with Crippen molar-refractivity contribution in [1.29, 1.82) is 0 Å². The number of rotatable bonds is 3. The van der Waals surface area contributed by atoms with Crippen LogP contribution in [0, 0.1) is 12.8 Å². The Balaban J connectivity index is 1.90. The number of piperazine rings is 1. The monoisotopic (exact) mass is 279 g/mol. The molecule has 0 bridgehead atoms. The molecule has 6 heteroatoms. The van der Waals surface area contributed by atoms with Gasteiger partial charge in [-0.15, -0.1) is 11.3 Å². The van der Waals surface area contributed by atoms with Crippen LogP contribution in [0.1, 0.15) is 30.5 Å². The van der Waals surface area contributed by atoms with Crippen LogP contribution in [-0.2, 0) is 16.1 Å². The van der Waals surface area contributed by atoms with Crippen LogP contribution in [0.15, 0.2) is 5.38 Å². The van der Waals surface area contributed by atoms with E-state index >= 15 is 0 Å². The average molecular weight is 279 g/mol. The molecule has 5 nitrogen and oxygen atoms in total. The zero-order valence-corrected chi connectivity index (χ0v) is 11.9. The molecule has 1 aromatic rings. The molecule has 102 valence electrons. The molecule has 1 unspecified atom stereocenters. The van der Waals surface area contributed by atoms with Crippen molar-refractivity contribution in [3.05, 3.63) is 16.1 Å². The van der Waals surface area contributed by atoms with Crippen molar-refractivity contribution in [3.63, 3.8) is 0 Å². The van der Waals surface area contributed by atoms with Crippen LogP contribution >= 0.6 is 11.3 Å². The molecular formula is C13H17N3O2S. The van der Waals surface area contributed by atoms with Crippen LogP contribution in [0.2, 0.25) is 0 Å². The average Bonchev–Trinajstić information content (AvgIpc) is 3.15. The normalized spacial score (nSPS) is 27.6. The molecule has 2 aliphatic rings. The smallest absolute Gasteiger partial charge is 0.246 e. The van der Waals surface area contributed by atoms with Crippen LogP contribution in [0.5, 0.6) is 0 Å². The SMILES string of the molecule is Cc1csc(CN2C(=O)CNC(=O)C2(C)C2CC2)n1. The Hall–Kier alpha value is -1.43. The Morgan fingerprint density at radius 2 is 2.26 bits per heavy atom. The van der Waals surface area contributed by atoms with Crippen LogP contribution < -0.4 is 5.32 Å². The van der Waals surface area contributed by atoms with Gasteiger partial charge in [0, 0.05) is 11.1 Å². The standard InChI is InChI=1S/C13H17N3O2S/c1-8-7-19-10(15-8)6-16-11(17)5-14-12(18)13(16,2)9-3-4-9/h7,9H,3-6H2,1-2H3,(H,14,18). The molecule has 0 spiro atoms. The second-order valence-electron chi connectivity index (χ2n) is 5.47. The molecule has 1 saturated heterocycles. The van der Waals surface area contributed by atoms with Gasteiger partial charge in [0.15, 0.2) is 0 Å². The van der Waals surface area contributed by atoms with Crippen molar-refractivity contribution in [2.24, 2.45) is 5.92 Å². The number of aromatic nitrogens is 1. The van der Waals surface area contributed by atoms with Gasteiger partial charge in [0.2, 0.25) is 11.8 Å². The van der Waals surface area contributed by atoms with Crippen molar-refractivity contribution in [1.82, 2.24) is 15.2 Å². The van der Waals surface area contributed by atoms with Gasteiger partial charge in [0.1, 0.15) is 10.5 Å². The summed E-state index contributed by atoms with van der Waals surface area (Å²) in [5.41, 5.74) is 0.261. The molecule has 1 N–H and O–H groups in total. The van der Waals surface area contributed by atoms with E-state index in [0.29, 0.717) is 6.54 Å². The number of amides is 2. The maximum Gasteiger partial charge on any atom is 0.246 e. The third-order valence-electron chi connectivity index (χ3n) is 4.05. The third kappa shape index (κ3) is 2.04. The molecule has 3 rings (SSSR count). The molecule has 2 fully saturated rings. The van der Waals surface area contributed by atoms with Crippen molar-refractivity contribution in [2.75, 3.05) is 6.54 Å². The summed E-state index contributed by atoms with van der Waals surface area (Å²) in [6.45, 7) is 4.37. The largest absolute Gasteiger partial charge is 0.345 e. The van der Waals surface area contributed by atoms with E-state index < -0.39 is 5.54 Å². The predicted molar refractivity (Wildman–Crippen MR) is 71.5 cm³/mol. The predicted octanol–water partition coefficient (Wildman–Crippen LogP) is 1.08. The topological polar surface area (TPSA) is 62.3 Å². The Morgan fingerprint density at radius 3 is 2.84 bits per heavy atom. The molecule has 1 aliphatic heterocycles. The van der Waals surface area contributed by atoms with Gasteiger partial charge in [-0.3, -0.25) is 9.59 Å². The van der Waals surface area contributed by atoms with Gasteiger partial charge >= 0.3 is 0 Å². The third-order valence-corrected chi connectivity index (χ3v) is 5.01. The van der Waals surface area contributed by atoms with E-state index in [1.54, 1.807) is 16.2 Å². The van der Waals surface area contributed by atoms with Gasteiger partial charge in [-0.25, -0.2) is 4.98 Å². The van der Waals surface area contributed by atoms with Crippen molar-refractivity contribution >= 4 is 23.2 Å². The Bertz CT molecular complexity index is 538. The molecule has 1 aliphatic carbocycles. The van der Waals surface area contributed by atoms with Gasteiger partial charge < -0.3 is 10.2 Å². The number of carbonyl (C=O) groups is 2. The molecule has 2 heterocycles. The minimum atomic E-state index is -0.699. The Morgan fingerprint density at radius 1 is 1.53 bits per heavy atom. The lowest BCUT2D eigenvalue weighted by atomic mass is 9.90. The Labute approximate surface area is 116 Å². The highest BCUT2D eigenvalue weighted by Crippen LogP contribution is 2.44. The molecule has 1 atom stereocenters. The van der Waals surface area contributed by atoms with E-state index in [-0.39, 0.29) is 24.3 Å². The summed E-state index contributed by atoms with van der Waals surface area (Å²) in [6, 6.07) is 0. The summed E-state index contributed by atoms with van der Waals surface area (Å²) in [7, 11) is 0. The van der Waals surface area contributed by atoms with Gasteiger partial charge in [-0.05, 0) is 32.6 Å². The summed E-state index contributed by atoms with van der Waals surface area (Å²) in [6.07, 6.45) is 2.04. The van der Waals surface area contributed by atoms with Crippen LogP contribution in [0.4, 0.5) is 0 Å². The highest BCUT2D eigenvalue weighted by atomic mass is 32.1. The number of nitrogens with one attached hydrogen (secondary N) is 1.